The van der Waals surface area contributed by atoms with Gasteiger partial charge in [-0.3, -0.25) is 0 Å². The van der Waals surface area contributed by atoms with Crippen LogP contribution in [0, 0.1) is 0 Å². The molecule has 112 valence electrons. The van der Waals surface area contributed by atoms with E-state index in [0.29, 0.717) is 13.2 Å². The molecule has 3 nitrogen and oxygen atoms in total. The summed E-state index contributed by atoms with van der Waals surface area (Å²) in [7, 11) is -1.87. The van der Waals surface area contributed by atoms with E-state index in [9.17, 15) is 0 Å². The van der Waals surface area contributed by atoms with Crippen LogP contribution in [0.5, 0.6) is 5.75 Å². The van der Waals surface area contributed by atoms with Crippen molar-refractivity contribution in [1.82, 2.24) is 0 Å². The summed E-state index contributed by atoms with van der Waals surface area (Å²) in [5, 5.41) is 0.161. The van der Waals surface area contributed by atoms with Gasteiger partial charge in [-0.25, -0.2) is 0 Å². The molecule has 0 bridgehead atoms. The fraction of sp³-hybridized carbons (Fsp3) is 0.600. The molecular formula is C15H23BrO3Si. The van der Waals surface area contributed by atoms with E-state index in [0.717, 1.165) is 15.8 Å². The maximum Gasteiger partial charge on any atom is 0.250 e. The van der Waals surface area contributed by atoms with Gasteiger partial charge in [0, 0.05) is 10.0 Å². The summed E-state index contributed by atoms with van der Waals surface area (Å²) in [5.74, 6) is 0.881. The van der Waals surface area contributed by atoms with Crippen molar-refractivity contribution in [3.8, 4) is 5.75 Å². The van der Waals surface area contributed by atoms with Crippen molar-refractivity contribution < 1.29 is 13.9 Å². The SMILES string of the molecule is CC(C)(C)[Si](C)(C)Oc1ccc(Br)cc1C1OCCO1. The number of halogens is 1. The van der Waals surface area contributed by atoms with E-state index in [4.69, 9.17) is 13.9 Å². The van der Waals surface area contributed by atoms with Crippen molar-refractivity contribution in [2.75, 3.05) is 13.2 Å². The standard InChI is InChI=1S/C15H23BrO3Si/c1-15(2,3)20(4,5)19-13-7-6-11(16)10-12(13)14-17-8-9-18-14/h6-7,10,14H,8-9H2,1-5H3. The maximum atomic E-state index is 6.42. The Morgan fingerprint density at radius 1 is 1.20 bits per heavy atom. The molecule has 2 rings (SSSR count). The Balaban J connectivity index is 2.32. The highest BCUT2D eigenvalue weighted by molar-refractivity contribution is 9.10. The number of ether oxygens (including phenoxy) is 2. The van der Waals surface area contributed by atoms with Gasteiger partial charge in [0.05, 0.1) is 13.2 Å². The molecule has 0 saturated carbocycles. The number of hydrogen-bond donors (Lipinski definition) is 0. The summed E-state index contributed by atoms with van der Waals surface area (Å²) >= 11 is 3.51. The molecular weight excluding hydrogens is 336 g/mol. The highest BCUT2D eigenvalue weighted by atomic mass is 79.9. The van der Waals surface area contributed by atoms with Gasteiger partial charge in [0.2, 0.25) is 8.32 Å². The van der Waals surface area contributed by atoms with Gasteiger partial charge >= 0.3 is 0 Å². The zero-order chi connectivity index (χ0) is 15.0. The summed E-state index contributed by atoms with van der Waals surface area (Å²) in [5.41, 5.74) is 0.974. The normalized spacial score (nSPS) is 17.5. The minimum Gasteiger partial charge on any atom is -0.543 e. The molecule has 0 amide bonds. The van der Waals surface area contributed by atoms with Crippen LogP contribution in [0.1, 0.15) is 32.6 Å². The van der Waals surface area contributed by atoms with Gasteiger partial charge in [-0.05, 0) is 36.3 Å². The van der Waals surface area contributed by atoms with Gasteiger partial charge in [0.25, 0.3) is 0 Å². The zero-order valence-electron chi connectivity index (χ0n) is 12.8. The van der Waals surface area contributed by atoms with Crippen LogP contribution in [0.25, 0.3) is 0 Å². The maximum absolute atomic E-state index is 6.42. The second kappa shape index (κ2) is 5.79. The van der Waals surface area contributed by atoms with E-state index in [1.807, 2.05) is 18.2 Å². The minimum atomic E-state index is -1.87. The van der Waals surface area contributed by atoms with Gasteiger partial charge in [0.15, 0.2) is 6.29 Å². The zero-order valence-corrected chi connectivity index (χ0v) is 15.4. The van der Waals surface area contributed by atoms with Crippen LogP contribution in [0.3, 0.4) is 0 Å². The van der Waals surface area contributed by atoms with Crippen LogP contribution < -0.4 is 4.43 Å². The van der Waals surface area contributed by atoms with Crippen LogP contribution >= 0.6 is 15.9 Å². The Labute approximate surface area is 130 Å². The van der Waals surface area contributed by atoms with Crippen LogP contribution in [0.4, 0.5) is 0 Å². The quantitative estimate of drug-likeness (QED) is 0.720. The molecule has 1 fully saturated rings. The molecule has 0 atom stereocenters. The van der Waals surface area contributed by atoms with Crippen molar-refractivity contribution in [3.63, 3.8) is 0 Å². The predicted molar refractivity (Wildman–Crippen MR) is 86.6 cm³/mol. The molecule has 0 radical (unpaired) electrons. The lowest BCUT2D eigenvalue weighted by Crippen LogP contribution is -2.44. The molecule has 5 heteroatoms. The molecule has 1 saturated heterocycles. The molecule has 1 aromatic carbocycles. The van der Waals surface area contributed by atoms with E-state index in [-0.39, 0.29) is 11.3 Å². The Hall–Kier alpha value is -0.363. The molecule has 0 N–H and O–H groups in total. The van der Waals surface area contributed by atoms with Gasteiger partial charge in [-0.1, -0.05) is 36.7 Å². The third kappa shape index (κ3) is 3.45. The summed E-state index contributed by atoms with van der Waals surface area (Å²) in [6, 6.07) is 6.03. The highest BCUT2D eigenvalue weighted by Crippen LogP contribution is 2.41. The van der Waals surface area contributed by atoms with Gasteiger partial charge < -0.3 is 13.9 Å². The number of rotatable bonds is 3. The van der Waals surface area contributed by atoms with E-state index >= 15 is 0 Å². The smallest absolute Gasteiger partial charge is 0.250 e. The number of benzene rings is 1. The molecule has 1 aliphatic rings. The van der Waals surface area contributed by atoms with Crippen molar-refractivity contribution in [2.45, 2.75) is 45.2 Å². The molecule has 0 aliphatic carbocycles. The molecule has 1 aromatic rings. The topological polar surface area (TPSA) is 27.7 Å². The first-order valence-corrected chi connectivity index (χ1v) is 10.6. The van der Waals surface area contributed by atoms with Crippen LogP contribution in [-0.2, 0) is 9.47 Å². The van der Waals surface area contributed by atoms with Crippen molar-refractivity contribution in [2.24, 2.45) is 0 Å². The summed E-state index contributed by atoms with van der Waals surface area (Å²) in [6.45, 7) is 12.5. The Bertz CT molecular complexity index is 476. The second-order valence-corrected chi connectivity index (χ2v) is 12.3. The first kappa shape index (κ1) is 16.0. The first-order chi connectivity index (χ1) is 9.21. The van der Waals surface area contributed by atoms with Crippen molar-refractivity contribution in [1.29, 1.82) is 0 Å². The fourth-order valence-electron chi connectivity index (χ4n) is 1.76. The lowest BCUT2D eigenvalue weighted by atomic mass is 10.2. The fourth-order valence-corrected chi connectivity index (χ4v) is 3.18. The molecule has 1 heterocycles. The first-order valence-electron chi connectivity index (χ1n) is 6.92. The summed E-state index contributed by atoms with van der Waals surface area (Å²) < 4.78 is 18.7. The summed E-state index contributed by atoms with van der Waals surface area (Å²) in [4.78, 5) is 0. The lowest BCUT2D eigenvalue weighted by Gasteiger charge is -2.37. The van der Waals surface area contributed by atoms with Gasteiger partial charge in [-0.15, -0.1) is 0 Å². The summed E-state index contributed by atoms with van der Waals surface area (Å²) in [6.07, 6.45) is -0.313. The third-order valence-corrected chi connectivity index (χ3v) is 8.85. The van der Waals surface area contributed by atoms with Crippen LogP contribution in [-0.4, -0.2) is 21.5 Å². The van der Waals surface area contributed by atoms with E-state index in [1.54, 1.807) is 0 Å². The molecule has 0 aromatic heterocycles. The van der Waals surface area contributed by atoms with Gasteiger partial charge in [0.1, 0.15) is 5.75 Å². The van der Waals surface area contributed by atoms with E-state index in [1.165, 1.54) is 0 Å². The average Bonchev–Trinajstić information content (AvgIpc) is 2.83. The van der Waals surface area contributed by atoms with Crippen LogP contribution in [0.2, 0.25) is 18.1 Å². The van der Waals surface area contributed by atoms with Crippen molar-refractivity contribution >= 4 is 24.2 Å². The van der Waals surface area contributed by atoms with E-state index in [2.05, 4.69) is 49.8 Å². The average molecular weight is 359 g/mol. The lowest BCUT2D eigenvalue weighted by molar-refractivity contribution is -0.0451. The highest BCUT2D eigenvalue weighted by Gasteiger charge is 2.40. The monoisotopic (exact) mass is 358 g/mol. The molecule has 20 heavy (non-hydrogen) atoms. The Kier molecular flexibility index (Phi) is 4.64. The number of hydrogen-bond acceptors (Lipinski definition) is 3. The Morgan fingerprint density at radius 2 is 1.80 bits per heavy atom. The third-order valence-electron chi connectivity index (χ3n) is 4.02. The molecule has 0 unspecified atom stereocenters. The van der Waals surface area contributed by atoms with E-state index < -0.39 is 8.32 Å². The minimum absolute atomic E-state index is 0.161. The molecule has 0 spiro atoms. The van der Waals surface area contributed by atoms with Crippen molar-refractivity contribution in [3.05, 3.63) is 28.2 Å². The Morgan fingerprint density at radius 3 is 2.35 bits per heavy atom. The molecule has 1 aliphatic heterocycles. The second-order valence-electron chi connectivity index (χ2n) is 6.62. The predicted octanol–water partition coefficient (Wildman–Crippen LogP) is 4.88. The van der Waals surface area contributed by atoms with Crippen LogP contribution in [0.15, 0.2) is 22.7 Å². The largest absolute Gasteiger partial charge is 0.543 e. The van der Waals surface area contributed by atoms with Gasteiger partial charge in [-0.2, -0.15) is 0 Å².